The largest absolute Gasteiger partial charge is 0.305 e. The first-order valence-corrected chi connectivity index (χ1v) is 14.7. The Morgan fingerprint density at radius 2 is 1.78 bits per heavy atom. The zero-order valence-electron chi connectivity index (χ0n) is 21.3. The van der Waals surface area contributed by atoms with Crippen LogP contribution in [-0.4, -0.2) is 76.6 Å². The smallest absolute Gasteiger partial charge is 0.269 e. The minimum atomic E-state index is -3.79. The fourth-order valence-electron chi connectivity index (χ4n) is 6.04. The van der Waals surface area contributed by atoms with Crippen molar-refractivity contribution in [2.24, 2.45) is 0 Å². The number of likely N-dealkylation sites (N-methyl/N-ethyl adjacent to an activating group) is 1. The van der Waals surface area contributed by atoms with Gasteiger partial charge in [0.2, 0.25) is 0 Å². The number of fused-ring (bicyclic) bond motifs is 1. The molecule has 0 atom stereocenters. The Hall–Kier alpha value is -3.01. The molecule has 0 amide bonds. The van der Waals surface area contributed by atoms with Crippen molar-refractivity contribution in [1.82, 2.24) is 29.0 Å². The van der Waals surface area contributed by atoms with Crippen molar-refractivity contribution >= 4 is 21.1 Å². The number of aromatic amines is 1. The van der Waals surface area contributed by atoms with Crippen molar-refractivity contribution in [3.8, 4) is 11.1 Å². The zero-order valence-corrected chi connectivity index (χ0v) is 22.1. The van der Waals surface area contributed by atoms with Gasteiger partial charge in [0.1, 0.15) is 0 Å². The summed E-state index contributed by atoms with van der Waals surface area (Å²) in [5, 5.41) is 7.80. The quantitative estimate of drug-likeness (QED) is 0.423. The Balaban J connectivity index is 1.30. The molecule has 4 heterocycles. The molecule has 1 saturated heterocycles. The van der Waals surface area contributed by atoms with E-state index >= 15 is 0 Å². The van der Waals surface area contributed by atoms with E-state index in [-0.39, 0.29) is 4.90 Å². The summed E-state index contributed by atoms with van der Waals surface area (Å²) in [4.78, 5) is 10.1. The standard InChI is InChI=1S/C28H34N6O2S/c1-32-12-5-13-33(15-14-32)24-10-8-21(9-11-24)22-16-26-27(23-18-30-31-19-23)20-34(28(26)29-17-22)37(35,36)25-6-3-2-4-7-25/h2-4,6-7,16-21,24H,5,8-15H2,1H3,(H,30,31). The molecular formula is C28H34N6O2S. The minimum Gasteiger partial charge on any atom is -0.305 e. The van der Waals surface area contributed by atoms with E-state index in [9.17, 15) is 8.42 Å². The first kappa shape index (κ1) is 24.3. The van der Waals surface area contributed by atoms with Crippen LogP contribution in [0.5, 0.6) is 0 Å². The number of aromatic nitrogens is 4. The van der Waals surface area contributed by atoms with Crippen LogP contribution in [0.25, 0.3) is 22.2 Å². The Morgan fingerprint density at radius 3 is 2.54 bits per heavy atom. The summed E-state index contributed by atoms with van der Waals surface area (Å²) >= 11 is 0. The predicted molar refractivity (Wildman–Crippen MR) is 145 cm³/mol. The van der Waals surface area contributed by atoms with Gasteiger partial charge in [0.05, 0.1) is 11.1 Å². The van der Waals surface area contributed by atoms with Crippen LogP contribution in [0.2, 0.25) is 0 Å². The molecule has 1 aliphatic heterocycles. The molecule has 37 heavy (non-hydrogen) atoms. The van der Waals surface area contributed by atoms with Crippen molar-refractivity contribution in [2.45, 2.75) is 49.0 Å². The number of nitrogens with one attached hydrogen (secondary N) is 1. The molecule has 1 saturated carbocycles. The van der Waals surface area contributed by atoms with Crippen LogP contribution in [0.15, 0.2) is 66.1 Å². The lowest BCUT2D eigenvalue weighted by atomic mass is 9.81. The van der Waals surface area contributed by atoms with E-state index in [1.54, 1.807) is 42.9 Å². The van der Waals surface area contributed by atoms with E-state index in [1.807, 2.05) is 12.3 Å². The average molecular weight is 519 g/mol. The van der Waals surface area contributed by atoms with Crippen LogP contribution in [0.1, 0.15) is 43.6 Å². The summed E-state index contributed by atoms with van der Waals surface area (Å²) in [6, 6.07) is 11.4. The molecule has 8 nitrogen and oxygen atoms in total. The summed E-state index contributed by atoms with van der Waals surface area (Å²) in [5.74, 6) is 0.439. The first-order chi connectivity index (χ1) is 18.0. The van der Waals surface area contributed by atoms with Gasteiger partial charge in [-0.2, -0.15) is 5.10 Å². The number of pyridine rings is 1. The number of benzene rings is 1. The van der Waals surface area contributed by atoms with Crippen molar-refractivity contribution in [3.05, 3.63) is 66.7 Å². The molecule has 0 bridgehead atoms. The highest BCUT2D eigenvalue weighted by Gasteiger charge is 2.29. The van der Waals surface area contributed by atoms with Crippen LogP contribution in [0, 0.1) is 0 Å². The maximum absolute atomic E-state index is 13.5. The monoisotopic (exact) mass is 518 g/mol. The molecule has 0 radical (unpaired) electrons. The SMILES string of the molecule is CN1CCCN(C2CCC(c3cnc4c(c3)c(-c3cn[nH]c3)cn4S(=O)(=O)c3ccccc3)CC2)CC1. The Kier molecular flexibility index (Phi) is 6.60. The summed E-state index contributed by atoms with van der Waals surface area (Å²) in [6.45, 7) is 4.71. The number of hydrogen-bond donors (Lipinski definition) is 1. The Bertz CT molecular complexity index is 1460. The molecule has 0 unspecified atom stereocenters. The van der Waals surface area contributed by atoms with Gasteiger partial charge >= 0.3 is 0 Å². The number of hydrogen-bond acceptors (Lipinski definition) is 6. The Labute approximate surface area is 218 Å². The second kappa shape index (κ2) is 10.0. The van der Waals surface area contributed by atoms with Crippen LogP contribution in [0.4, 0.5) is 0 Å². The van der Waals surface area contributed by atoms with E-state index in [0.717, 1.165) is 42.4 Å². The fraction of sp³-hybridized carbons (Fsp3) is 0.429. The second-order valence-electron chi connectivity index (χ2n) is 10.5. The molecule has 9 heteroatoms. The summed E-state index contributed by atoms with van der Waals surface area (Å²) in [5.41, 5.74) is 3.31. The van der Waals surface area contributed by atoms with Gasteiger partial charge in [-0.15, -0.1) is 0 Å². The van der Waals surface area contributed by atoms with Gasteiger partial charge in [0.25, 0.3) is 10.0 Å². The second-order valence-corrected chi connectivity index (χ2v) is 12.3. The van der Waals surface area contributed by atoms with Crippen molar-refractivity contribution < 1.29 is 8.42 Å². The minimum absolute atomic E-state index is 0.245. The van der Waals surface area contributed by atoms with Crippen molar-refractivity contribution in [2.75, 3.05) is 33.2 Å². The van der Waals surface area contributed by atoms with E-state index < -0.39 is 10.0 Å². The molecule has 1 N–H and O–H groups in total. The number of H-pyrrole nitrogens is 1. The van der Waals surface area contributed by atoms with Crippen LogP contribution >= 0.6 is 0 Å². The Morgan fingerprint density at radius 1 is 0.973 bits per heavy atom. The average Bonchev–Trinajstić information content (AvgIpc) is 3.54. The normalized spacial score (nSPS) is 22.3. The van der Waals surface area contributed by atoms with E-state index in [4.69, 9.17) is 4.98 Å². The third-order valence-corrected chi connectivity index (χ3v) is 9.85. The molecule has 3 aromatic heterocycles. The lowest BCUT2D eigenvalue weighted by molar-refractivity contribution is 0.154. The molecule has 4 aromatic rings. The third-order valence-electron chi connectivity index (χ3n) is 8.18. The number of nitrogens with zero attached hydrogens (tertiary/aromatic N) is 5. The topological polar surface area (TPSA) is 87.1 Å². The van der Waals surface area contributed by atoms with E-state index in [0.29, 0.717) is 17.6 Å². The first-order valence-electron chi connectivity index (χ1n) is 13.2. The molecule has 1 aliphatic carbocycles. The zero-order chi connectivity index (χ0) is 25.4. The van der Waals surface area contributed by atoms with Gasteiger partial charge in [-0.25, -0.2) is 17.4 Å². The highest BCUT2D eigenvalue weighted by Crippen LogP contribution is 2.38. The lowest BCUT2D eigenvalue weighted by Gasteiger charge is -2.36. The van der Waals surface area contributed by atoms with Crippen LogP contribution < -0.4 is 0 Å². The molecule has 6 rings (SSSR count). The van der Waals surface area contributed by atoms with Crippen molar-refractivity contribution in [3.63, 3.8) is 0 Å². The third kappa shape index (κ3) is 4.71. The molecule has 1 aromatic carbocycles. The van der Waals surface area contributed by atoms with Gasteiger partial charge in [-0.1, -0.05) is 18.2 Å². The highest BCUT2D eigenvalue weighted by molar-refractivity contribution is 7.90. The van der Waals surface area contributed by atoms with Gasteiger partial charge in [-0.3, -0.25) is 10.00 Å². The summed E-state index contributed by atoms with van der Waals surface area (Å²) in [6.07, 6.45) is 13.0. The van der Waals surface area contributed by atoms with Gasteiger partial charge in [0.15, 0.2) is 5.65 Å². The van der Waals surface area contributed by atoms with Crippen LogP contribution in [-0.2, 0) is 10.0 Å². The van der Waals surface area contributed by atoms with E-state index in [1.165, 1.54) is 41.9 Å². The van der Waals surface area contributed by atoms with E-state index in [2.05, 4.69) is 33.1 Å². The summed E-state index contributed by atoms with van der Waals surface area (Å²) in [7, 11) is -1.56. The van der Waals surface area contributed by atoms with Crippen molar-refractivity contribution in [1.29, 1.82) is 0 Å². The fourth-order valence-corrected chi connectivity index (χ4v) is 7.39. The number of rotatable bonds is 5. The maximum atomic E-state index is 13.5. The molecule has 0 spiro atoms. The molecule has 194 valence electrons. The lowest BCUT2D eigenvalue weighted by Crippen LogP contribution is -2.40. The maximum Gasteiger partial charge on any atom is 0.269 e. The molecule has 2 fully saturated rings. The molecule has 2 aliphatic rings. The predicted octanol–water partition coefficient (Wildman–Crippen LogP) is 4.33. The highest BCUT2D eigenvalue weighted by atomic mass is 32.2. The van der Waals surface area contributed by atoms with Gasteiger partial charge < -0.3 is 4.90 Å². The van der Waals surface area contributed by atoms with Crippen LogP contribution in [0.3, 0.4) is 0 Å². The van der Waals surface area contributed by atoms with Gasteiger partial charge in [-0.05, 0) is 81.9 Å². The molecular weight excluding hydrogens is 484 g/mol. The van der Waals surface area contributed by atoms with Gasteiger partial charge in [0, 0.05) is 54.2 Å². The summed E-state index contributed by atoms with van der Waals surface area (Å²) < 4.78 is 28.4.